The Morgan fingerprint density at radius 3 is 2.90 bits per heavy atom. The number of ether oxygens (including phenoxy) is 1. The first kappa shape index (κ1) is 15.2. The predicted molar refractivity (Wildman–Crippen MR) is 76.8 cm³/mol. The minimum atomic E-state index is -1.11. The van der Waals surface area contributed by atoms with E-state index in [1.54, 1.807) is 0 Å². The van der Waals surface area contributed by atoms with Gasteiger partial charge in [0.25, 0.3) is 5.69 Å². The van der Waals surface area contributed by atoms with Gasteiger partial charge in [-0.25, -0.2) is 4.79 Å². The van der Waals surface area contributed by atoms with Gasteiger partial charge >= 0.3 is 5.97 Å². The molecular formula is C14H18N2O5. The third kappa shape index (κ3) is 4.16. The van der Waals surface area contributed by atoms with Gasteiger partial charge in [0.1, 0.15) is 0 Å². The van der Waals surface area contributed by atoms with Crippen LogP contribution >= 0.6 is 0 Å². The highest BCUT2D eigenvalue weighted by Crippen LogP contribution is 2.23. The zero-order valence-electron chi connectivity index (χ0n) is 11.6. The highest BCUT2D eigenvalue weighted by atomic mass is 16.6. The Kier molecular flexibility index (Phi) is 5.10. The Bertz CT molecular complexity index is 526. The molecule has 0 radical (unpaired) electrons. The lowest BCUT2D eigenvalue weighted by atomic mass is 10.1. The molecule has 2 rings (SSSR count). The summed E-state index contributed by atoms with van der Waals surface area (Å²) in [6, 6.07) is 3.70. The van der Waals surface area contributed by atoms with E-state index in [1.807, 2.05) is 0 Å². The van der Waals surface area contributed by atoms with Gasteiger partial charge < -0.3 is 15.2 Å². The second-order valence-electron chi connectivity index (χ2n) is 5.00. The number of nitrogens with zero attached hydrogens (tertiary/aromatic N) is 1. The topological polar surface area (TPSA) is 102 Å². The van der Waals surface area contributed by atoms with Gasteiger partial charge in [-0.05, 0) is 31.7 Å². The van der Waals surface area contributed by atoms with Crippen molar-refractivity contribution in [2.45, 2.75) is 31.8 Å². The van der Waals surface area contributed by atoms with E-state index in [1.165, 1.54) is 18.2 Å². The summed E-state index contributed by atoms with van der Waals surface area (Å²) in [6.45, 7) is 1.29. The number of carbonyl (C=O) groups is 1. The molecule has 1 fully saturated rings. The van der Waals surface area contributed by atoms with Crippen LogP contribution in [0.2, 0.25) is 0 Å². The van der Waals surface area contributed by atoms with Crippen LogP contribution in [-0.2, 0) is 4.74 Å². The van der Waals surface area contributed by atoms with Crippen molar-refractivity contribution >= 4 is 17.3 Å². The first-order valence-corrected chi connectivity index (χ1v) is 6.95. The van der Waals surface area contributed by atoms with Crippen molar-refractivity contribution in [3.8, 4) is 0 Å². The summed E-state index contributed by atoms with van der Waals surface area (Å²) in [5.74, 6) is -1.11. The molecule has 1 aromatic rings. The van der Waals surface area contributed by atoms with Crippen molar-refractivity contribution in [2.75, 3.05) is 18.5 Å². The van der Waals surface area contributed by atoms with E-state index in [-0.39, 0.29) is 23.0 Å². The van der Waals surface area contributed by atoms with E-state index in [9.17, 15) is 14.9 Å². The molecule has 1 aliphatic rings. The second kappa shape index (κ2) is 7.03. The Morgan fingerprint density at radius 2 is 2.29 bits per heavy atom. The fraction of sp³-hybridized carbons (Fsp3) is 0.500. The fourth-order valence-electron chi connectivity index (χ4n) is 2.38. The monoisotopic (exact) mass is 294 g/mol. The fourth-order valence-corrected chi connectivity index (χ4v) is 2.38. The van der Waals surface area contributed by atoms with E-state index in [0.29, 0.717) is 6.54 Å². The summed E-state index contributed by atoms with van der Waals surface area (Å²) >= 11 is 0. The minimum Gasteiger partial charge on any atom is -0.478 e. The lowest BCUT2D eigenvalue weighted by molar-refractivity contribution is -0.384. The maximum Gasteiger partial charge on any atom is 0.337 e. The van der Waals surface area contributed by atoms with Crippen molar-refractivity contribution < 1.29 is 19.6 Å². The molecule has 0 amide bonds. The average molecular weight is 294 g/mol. The van der Waals surface area contributed by atoms with Crippen LogP contribution in [-0.4, -0.2) is 35.3 Å². The van der Waals surface area contributed by atoms with Gasteiger partial charge in [0.15, 0.2) is 0 Å². The molecule has 1 atom stereocenters. The first-order valence-electron chi connectivity index (χ1n) is 6.95. The summed E-state index contributed by atoms with van der Waals surface area (Å²) in [5, 5.41) is 22.8. The molecule has 1 aliphatic heterocycles. The van der Waals surface area contributed by atoms with Crippen molar-refractivity contribution in [1.29, 1.82) is 0 Å². The number of anilines is 1. The SMILES string of the molecule is O=C(O)c1ccc([N+](=O)[O-])cc1NCCC1CCCCO1. The summed E-state index contributed by atoms with van der Waals surface area (Å²) in [7, 11) is 0. The van der Waals surface area contributed by atoms with Gasteiger partial charge in [-0.1, -0.05) is 0 Å². The Hall–Kier alpha value is -2.15. The van der Waals surface area contributed by atoms with Gasteiger partial charge in [0.2, 0.25) is 0 Å². The molecule has 1 unspecified atom stereocenters. The van der Waals surface area contributed by atoms with Crippen molar-refractivity contribution in [1.82, 2.24) is 0 Å². The van der Waals surface area contributed by atoms with Crippen molar-refractivity contribution in [3.63, 3.8) is 0 Å². The average Bonchev–Trinajstić information content (AvgIpc) is 2.48. The second-order valence-corrected chi connectivity index (χ2v) is 5.00. The highest BCUT2D eigenvalue weighted by Gasteiger charge is 2.17. The van der Waals surface area contributed by atoms with Crippen LogP contribution in [0.1, 0.15) is 36.0 Å². The zero-order valence-corrected chi connectivity index (χ0v) is 11.6. The Balaban J connectivity index is 2.00. The molecule has 1 saturated heterocycles. The highest BCUT2D eigenvalue weighted by molar-refractivity contribution is 5.94. The van der Waals surface area contributed by atoms with Crippen LogP contribution in [0.3, 0.4) is 0 Å². The van der Waals surface area contributed by atoms with Crippen LogP contribution < -0.4 is 5.32 Å². The third-order valence-electron chi connectivity index (χ3n) is 3.50. The normalized spacial score (nSPS) is 18.2. The molecule has 21 heavy (non-hydrogen) atoms. The first-order chi connectivity index (χ1) is 10.1. The third-order valence-corrected chi connectivity index (χ3v) is 3.50. The number of carboxylic acids is 1. The number of rotatable bonds is 6. The van der Waals surface area contributed by atoms with E-state index < -0.39 is 10.9 Å². The lowest BCUT2D eigenvalue weighted by Crippen LogP contribution is -2.22. The largest absolute Gasteiger partial charge is 0.478 e. The molecule has 0 spiro atoms. The lowest BCUT2D eigenvalue weighted by Gasteiger charge is -2.22. The minimum absolute atomic E-state index is 0.0326. The van der Waals surface area contributed by atoms with Gasteiger partial charge in [0.05, 0.1) is 22.3 Å². The summed E-state index contributed by atoms with van der Waals surface area (Å²) in [4.78, 5) is 21.4. The van der Waals surface area contributed by atoms with Gasteiger partial charge in [-0.2, -0.15) is 0 Å². The number of hydrogen-bond acceptors (Lipinski definition) is 5. The van der Waals surface area contributed by atoms with Crippen molar-refractivity contribution in [3.05, 3.63) is 33.9 Å². The number of nitro benzene ring substituents is 1. The van der Waals surface area contributed by atoms with E-state index in [4.69, 9.17) is 9.84 Å². The van der Waals surface area contributed by atoms with Gasteiger partial charge in [0, 0.05) is 25.3 Å². The molecule has 0 aromatic heterocycles. The molecule has 0 bridgehead atoms. The van der Waals surface area contributed by atoms with Crippen LogP contribution in [0.25, 0.3) is 0 Å². The Morgan fingerprint density at radius 1 is 1.48 bits per heavy atom. The predicted octanol–water partition coefficient (Wildman–Crippen LogP) is 2.66. The van der Waals surface area contributed by atoms with E-state index in [0.717, 1.165) is 32.3 Å². The Labute approximate surface area is 122 Å². The quantitative estimate of drug-likeness (QED) is 0.617. The molecule has 2 N–H and O–H groups in total. The molecule has 0 aliphatic carbocycles. The van der Waals surface area contributed by atoms with Crippen LogP contribution in [0.15, 0.2) is 18.2 Å². The van der Waals surface area contributed by atoms with Crippen LogP contribution in [0, 0.1) is 10.1 Å². The number of hydrogen-bond donors (Lipinski definition) is 2. The number of aromatic carboxylic acids is 1. The molecular weight excluding hydrogens is 276 g/mol. The van der Waals surface area contributed by atoms with E-state index >= 15 is 0 Å². The standard InChI is InChI=1S/C14H18N2O5/c17-14(18)12-5-4-10(16(19)20)9-13(12)15-7-6-11-3-1-2-8-21-11/h4-5,9,11,15H,1-3,6-8H2,(H,17,18). The molecule has 1 heterocycles. The van der Waals surface area contributed by atoms with Gasteiger partial charge in [-0.15, -0.1) is 0 Å². The van der Waals surface area contributed by atoms with Crippen LogP contribution in [0.5, 0.6) is 0 Å². The summed E-state index contributed by atoms with van der Waals surface area (Å²) in [5.41, 5.74) is 0.175. The zero-order chi connectivity index (χ0) is 15.2. The number of carboxylic acid groups (broad SMARTS) is 1. The number of benzene rings is 1. The van der Waals surface area contributed by atoms with Crippen molar-refractivity contribution in [2.24, 2.45) is 0 Å². The molecule has 0 saturated carbocycles. The number of non-ortho nitro benzene ring substituents is 1. The molecule has 114 valence electrons. The van der Waals surface area contributed by atoms with Crippen LogP contribution in [0.4, 0.5) is 11.4 Å². The summed E-state index contributed by atoms with van der Waals surface area (Å²) < 4.78 is 5.59. The maximum atomic E-state index is 11.1. The molecule has 7 nitrogen and oxygen atoms in total. The smallest absolute Gasteiger partial charge is 0.337 e. The van der Waals surface area contributed by atoms with Gasteiger partial charge in [-0.3, -0.25) is 10.1 Å². The number of nitrogens with one attached hydrogen (secondary N) is 1. The maximum absolute atomic E-state index is 11.1. The molecule has 7 heteroatoms. The van der Waals surface area contributed by atoms with E-state index in [2.05, 4.69) is 5.32 Å². The molecule has 1 aromatic carbocycles. The number of nitro groups is 1. The summed E-state index contributed by atoms with van der Waals surface area (Å²) in [6.07, 6.45) is 4.16.